The number of thiophene rings is 1. The zero-order valence-electron chi connectivity index (χ0n) is 28.4. The van der Waals surface area contributed by atoms with Crippen molar-refractivity contribution in [3.63, 3.8) is 0 Å². The second-order valence-corrected chi connectivity index (χ2v) is 15.0. The van der Waals surface area contributed by atoms with Crippen molar-refractivity contribution in [2.45, 2.75) is 5.41 Å². The summed E-state index contributed by atoms with van der Waals surface area (Å²) >= 11 is 1.89. The van der Waals surface area contributed by atoms with E-state index in [4.69, 9.17) is 0 Å². The highest BCUT2D eigenvalue weighted by Crippen LogP contribution is 2.57. The van der Waals surface area contributed by atoms with Gasteiger partial charge in [-0.3, -0.25) is 0 Å². The van der Waals surface area contributed by atoms with Crippen molar-refractivity contribution in [2.75, 3.05) is 0 Å². The first-order chi connectivity index (χ1) is 25.8. The van der Waals surface area contributed by atoms with Crippen LogP contribution >= 0.6 is 11.3 Å². The number of hydrogen-bond donors (Lipinski definition) is 0. The van der Waals surface area contributed by atoms with Crippen molar-refractivity contribution in [1.82, 2.24) is 0 Å². The number of benzene rings is 9. The van der Waals surface area contributed by atoms with Crippen LogP contribution in [-0.2, 0) is 5.41 Å². The molecule has 1 aliphatic rings. The van der Waals surface area contributed by atoms with Crippen molar-refractivity contribution in [1.29, 1.82) is 0 Å². The van der Waals surface area contributed by atoms with E-state index in [2.05, 4.69) is 194 Å². The van der Waals surface area contributed by atoms with Crippen molar-refractivity contribution in [3.8, 4) is 33.4 Å². The van der Waals surface area contributed by atoms with Gasteiger partial charge < -0.3 is 0 Å². The van der Waals surface area contributed by atoms with Crippen molar-refractivity contribution in [2.24, 2.45) is 0 Å². The van der Waals surface area contributed by atoms with Crippen LogP contribution < -0.4 is 0 Å². The van der Waals surface area contributed by atoms with Gasteiger partial charge >= 0.3 is 0 Å². The minimum Gasteiger partial charge on any atom is -0.135 e. The van der Waals surface area contributed by atoms with Gasteiger partial charge in [0.2, 0.25) is 0 Å². The molecule has 9 aromatic carbocycles. The third kappa shape index (κ3) is 4.15. The molecular weight excluding hydrogens is 645 g/mol. The Morgan fingerprint density at radius 3 is 1.58 bits per heavy atom. The Bertz CT molecular complexity index is 2990. The summed E-state index contributed by atoms with van der Waals surface area (Å²) in [6.07, 6.45) is 0. The van der Waals surface area contributed by atoms with E-state index in [1.165, 1.54) is 97.4 Å². The van der Waals surface area contributed by atoms with Gasteiger partial charge in [-0.25, -0.2) is 0 Å². The molecule has 0 spiro atoms. The van der Waals surface area contributed by atoms with E-state index >= 15 is 0 Å². The van der Waals surface area contributed by atoms with E-state index < -0.39 is 5.41 Å². The van der Waals surface area contributed by atoms with E-state index in [0.717, 1.165) is 0 Å². The largest absolute Gasteiger partial charge is 0.135 e. The lowest BCUT2D eigenvalue weighted by atomic mass is 9.67. The van der Waals surface area contributed by atoms with E-state index in [1.807, 2.05) is 11.3 Å². The lowest BCUT2D eigenvalue weighted by molar-refractivity contribution is 0.769. The van der Waals surface area contributed by atoms with Gasteiger partial charge in [-0.05, 0) is 101 Å². The fraction of sp³-hybridized carbons (Fsp3) is 0.0196. The summed E-state index contributed by atoms with van der Waals surface area (Å²) in [7, 11) is 0. The number of fused-ring (bicyclic) bond motifs is 9. The standard InChI is InChI=1S/C51H32S/c1-2-19-38-35(14-1)32-46(41-21-4-3-20-40(38)41)34-16-12-18-37(31-34)51(47-27-8-5-22-42(47)43-23-6-9-28-48(43)51)36-17-11-15-33(30-36)39-25-13-26-45-44-24-7-10-29-49(44)52-50(39)45/h1-32H. The molecule has 11 rings (SSSR count). The first kappa shape index (κ1) is 29.5. The molecule has 1 heteroatoms. The van der Waals surface area contributed by atoms with Gasteiger partial charge in [-0.1, -0.05) is 170 Å². The molecule has 0 unspecified atom stereocenters. The molecule has 1 aromatic heterocycles. The van der Waals surface area contributed by atoms with Gasteiger partial charge in [0, 0.05) is 20.2 Å². The van der Waals surface area contributed by atoms with Gasteiger partial charge in [-0.2, -0.15) is 0 Å². The van der Waals surface area contributed by atoms with Gasteiger partial charge in [0.05, 0.1) is 5.41 Å². The van der Waals surface area contributed by atoms with Crippen molar-refractivity contribution in [3.05, 3.63) is 216 Å². The summed E-state index contributed by atoms with van der Waals surface area (Å²) < 4.78 is 2.67. The highest BCUT2D eigenvalue weighted by molar-refractivity contribution is 7.26. The fourth-order valence-electron chi connectivity index (χ4n) is 9.13. The molecule has 242 valence electrons. The molecule has 0 nitrogen and oxygen atoms in total. The molecule has 0 saturated carbocycles. The Balaban J connectivity index is 1.19. The molecule has 0 aliphatic heterocycles. The van der Waals surface area contributed by atoms with Crippen LogP contribution in [0.3, 0.4) is 0 Å². The molecule has 1 heterocycles. The van der Waals surface area contributed by atoms with Gasteiger partial charge in [0.1, 0.15) is 0 Å². The van der Waals surface area contributed by atoms with Crippen LogP contribution in [0, 0.1) is 0 Å². The summed E-state index contributed by atoms with van der Waals surface area (Å²) in [5, 5.41) is 7.77. The maximum absolute atomic E-state index is 2.47. The van der Waals surface area contributed by atoms with Crippen LogP contribution in [-0.4, -0.2) is 0 Å². The molecule has 0 fully saturated rings. The lowest BCUT2D eigenvalue weighted by Gasteiger charge is -2.34. The minimum atomic E-state index is -0.514. The van der Waals surface area contributed by atoms with Crippen LogP contribution in [0.25, 0.3) is 75.1 Å². The molecule has 52 heavy (non-hydrogen) atoms. The van der Waals surface area contributed by atoms with E-state index in [0.29, 0.717) is 0 Å². The maximum Gasteiger partial charge on any atom is 0.0713 e. The predicted molar refractivity (Wildman–Crippen MR) is 223 cm³/mol. The molecule has 0 atom stereocenters. The first-order valence-electron chi connectivity index (χ1n) is 18.0. The lowest BCUT2D eigenvalue weighted by Crippen LogP contribution is -2.28. The number of rotatable bonds is 4. The van der Waals surface area contributed by atoms with Gasteiger partial charge in [0.15, 0.2) is 0 Å². The van der Waals surface area contributed by atoms with Crippen LogP contribution in [0.5, 0.6) is 0 Å². The zero-order chi connectivity index (χ0) is 34.2. The topological polar surface area (TPSA) is 0 Å². The quantitative estimate of drug-likeness (QED) is 0.163. The average molecular weight is 677 g/mol. The summed E-state index contributed by atoms with van der Waals surface area (Å²) in [5.74, 6) is 0. The first-order valence-corrected chi connectivity index (χ1v) is 18.8. The highest BCUT2D eigenvalue weighted by Gasteiger charge is 2.46. The Morgan fingerprint density at radius 1 is 0.327 bits per heavy atom. The molecule has 0 bridgehead atoms. The normalized spacial score (nSPS) is 13.2. The van der Waals surface area contributed by atoms with Crippen LogP contribution in [0.1, 0.15) is 22.3 Å². The molecule has 0 radical (unpaired) electrons. The Morgan fingerprint density at radius 2 is 0.846 bits per heavy atom. The van der Waals surface area contributed by atoms with E-state index in [1.54, 1.807) is 0 Å². The van der Waals surface area contributed by atoms with Crippen LogP contribution in [0.15, 0.2) is 194 Å². The highest BCUT2D eigenvalue weighted by atomic mass is 32.1. The molecule has 1 aliphatic carbocycles. The van der Waals surface area contributed by atoms with Crippen LogP contribution in [0.4, 0.5) is 0 Å². The van der Waals surface area contributed by atoms with Crippen LogP contribution in [0.2, 0.25) is 0 Å². The smallest absolute Gasteiger partial charge is 0.0713 e. The minimum absolute atomic E-state index is 0.514. The summed E-state index contributed by atoms with van der Waals surface area (Å²) in [6.45, 7) is 0. The number of hydrogen-bond acceptors (Lipinski definition) is 1. The zero-order valence-corrected chi connectivity index (χ0v) is 29.2. The van der Waals surface area contributed by atoms with Gasteiger partial charge in [-0.15, -0.1) is 11.3 Å². The summed E-state index contributed by atoms with van der Waals surface area (Å²) in [6, 6.07) is 72.4. The summed E-state index contributed by atoms with van der Waals surface area (Å²) in [4.78, 5) is 0. The molecule has 0 amide bonds. The second kappa shape index (κ2) is 11.4. The molecule has 0 N–H and O–H groups in total. The monoisotopic (exact) mass is 676 g/mol. The Hall–Kier alpha value is -6.28. The summed E-state index contributed by atoms with van der Waals surface area (Å²) in [5.41, 5.74) is 12.3. The van der Waals surface area contributed by atoms with Crippen molar-refractivity contribution >= 4 is 53.1 Å². The fourth-order valence-corrected chi connectivity index (χ4v) is 10.4. The maximum atomic E-state index is 2.47. The molecule has 10 aromatic rings. The van der Waals surface area contributed by atoms with Gasteiger partial charge in [0.25, 0.3) is 0 Å². The Kier molecular flexibility index (Phi) is 6.44. The average Bonchev–Trinajstić information content (AvgIpc) is 3.75. The Labute approximate surface area is 306 Å². The second-order valence-electron chi connectivity index (χ2n) is 14.0. The third-order valence-electron chi connectivity index (χ3n) is 11.3. The van der Waals surface area contributed by atoms with E-state index in [9.17, 15) is 0 Å². The molecule has 0 saturated heterocycles. The molecular formula is C51H32S. The van der Waals surface area contributed by atoms with Crippen molar-refractivity contribution < 1.29 is 0 Å². The third-order valence-corrected chi connectivity index (χ3v) is 12.6. The van der Waals surface area contributed by atoms with E-state index in [-0.39, 0.29) is 0 Å². The SMILES string of the molecule is c1cc(-c2cc3ccccc3c3ccccc23)cc(C2(c3cccc(-c4cccc5c4sc4ccccc45)c3)c3ccccc3-c3ccccc32)c1. The predicted octanol–water partition coefficient (Wildman–Crippen LogP) is 14.1.